The number of H-pyrrole nitrogens is 2. The number of methoxy groups -OCH3 is 4. The molecular formula is C44H54N8O10. The molecule has 0 aliphatic carbocycles. The summed E-state index contributed by atoms with van der Waals surface area (Å²) >= 11 is 0. The van der Waals surface area contributed by atoms with E-state index >= 15 is 0 Å². The Balaban J connectivity index is 1.03. The third-order valence-corrected chi connectivity index (χ3v) is 12.5. The van der Waals surface area contributed by atoms with Gasteiger partial charge in [-0.15, -0.1) is 0 Å². The summed E-state index contributed by atoms with van der Waals surface area (Å²) in [6.07, 6.45) is 2.34. The molecular weight excluding hydrogens is 801 g/mol. The van der Waals surface area contributed by atoms with E-state index in [1.807, 2.05) is 12.1 Å². The van der Waals surface area contributed by atoms with Crippen LogP contribution in [0.3, 0.4) is 0 Å². The first kappa shape index (κ1) is 42.5. The second kappa shape index (κ2) is 17.3. The maximum absolute atomic E-state index is 13.9. The number of rotatable bonds is 12. The first-order valence-electron chi connectivity index (χ1n) is 20.9. The van der Waals surface area contributed by atoms with Crippen molar-refractivity contribution in [2.75, 3.05) is 41.5 Å². The number of alkyl carbamates (subject to hydrolysis) is 2. The molecule has 330 valence electrons. The molecule has 62 heavy (non-hydrogen) atoms. The highest BCUT2D eigenvalue weighted by Crippen LogP contribution is 2.51. The molecule has 4 N–H and O–H groups in total. The van der Waals surface area contributed by atoms with E-state index < -0.39 is 36.5 Å². The Labute approximate surface area is 359 Å². The van der Waals surface area contributed by atoms with Crippen molar-refractivity contribution in [3.8, 4) is 45.1 Å². The number of benzene rings is 2. The molecule has 2 aromatic carbocycles. The Bertz CT molecular complexity index is 2150. The number of ether oxygens (including phenoxy) is 6. The molecule has 6 heterocycles. The second-order valence-corrected chi connectivity index (χ2v) is 16.8. The number of nitrogens with one attached hydrogen (secondary N) is 4. The molecule has 0 saturated carbocycles. The summed E-state index contributed by atoms with van der Waals surface area (Å²) in [5.74, 6) is 2.63. The minimum Gasteiger partial charge on any atom is -0.488 e. The standard InChI is InChI=1S/C44H54N8O10/c1-21-9-31(51(17-21)41(53)37(23(3)57-5)49-43(55)59-7)39-45-15-29(47-39)25-11-27-19-62-34-14-26(12-28-20-61-33(13-25)35(27)36(28)34)30-16-46-40(48-30)32-10-22(2)18-52(32)42(54)38(24(4)58-6)50-44(56)60-8/h11-16,21-24,31-32,37-38H,9-10,17-20H2,1-8H3,(H,45,47)(H,46,48)(H,49,55)(H,50,56)/t21-,22-,23+,24+,31-,32?,37-,38?/m0/s1. The maximum atomic E-state index is 13.9. The van der Waals surface area contributed by atoms with Crippen molar-refractivity contribution in [2.45, 2.75) is 90.1 Å². The zero-order valence-corrected chi connectivity index (χ0v) is 36.2. The number of amides is 4. The van der Waals surface area contributed by atoms with Crippen LogP contribution in [-0.4, -0.2) is 120 Å². The zero-order chi connectivity index (χ0) is 44.0. The topological polar surface area (TPSA) is 212 Å². The Kier molecular flexibility index (Phi) is 11.9. The third-order valence-electron chi connectivity index (χ3n) is 12.5. The van der Waals surface area contributed by atoms with E-state index in [-0.39, 0.29) is 35.7 Å². The maximum Gasteiger partial charge on any atom is 0.407 e. The molecule has 18 nitrogen and oxygen atoms in total. The summed E-state index contributed by atoms with van der Waals surface area (Å²) in [6.45, 7) is 9.27. The Morgan fingerprint density at radius 1 is 0.677 bits per heavy atom. The van der Waals surface area contributed by atoms with Crippen LogP contribution in [-0.2, 0) is 41.8 Å². The number of hydrogen-bond acceptors (Lipinski definition) is 12. The third kappa shape index (κ3) is 7.92. The van der Waals surface area contributed by atoms with Crippen molar-refractivity contribution in [2.24, 2.45) is 11.8 Å². The predicted molar refractivity (Wildman–Crippen MR) is 224 cm³/mol. The molecule has 0 bridgehead atoms. The summed E-state index contributed by atoms with van der Waals surface area (Å²) in [5, 5.41) is 5.28. The van der Waals surface area contributed by atoms with Crippen molar-refractivity contribution in [1.29, 1.82) is 0 Å². The highest BCUT2D eigenvalue weighted by atomic mass is 16.5. The van der Waals surface area contributed by atoms with Gasteiger partial charge in [-0.05, 0) is 62.8 Å². The number of nitrogens with zero attached hydrogens (tertiary/aromatic N) is 4. The van der Waals surface area contributed by atoms with Crippen LogP contribution in [0.25, 0.3) is 33.6 Å². The van der Waals surface area contributed by atoms with E-state index in [1.165, 1.54) is 28.4 Å². The summed E-state index contributed by atoms with van der Waals surface area (Å²) < 4.78 is 33.4. The lowest BCUT2D eigenvalue weighted by Crippen LogP contribution is -2.54. The van der Waals surface area contributed by atoms with Gasteiger partial charge in [-0.25, -0.2) is 19.6 Å². The summed E-state index contributed by atoms with van der Waals surface area (Å²) in [5.41, 5.74) is 7.19. The first-order valence-corrected chi connectivity index (χ1v) is 20.9. The van der Waals surface area contributed by atoms with Crippen LogP contribution in [0.1, 0.15) is 75.4 Å². The Hall–Kier alpha value is -6.14. The van der Waals surface area contributed by atoms with Crippen LogP contribution in [0.5, 0.6) is 11.5 Å². The first-order chi connectivity index (χ1) is 29.8. The Morgan fingerprint density at radius 3 is 1.45 bits per heavy atom. The van der Waals surface area contributed by atoms with Gasteiger partial charge < -0.3 is 58.8 Å². The highest BCUT2D eigenvalue weighted by Gasteiger charge is 2.43. The predicted octanol–water partition coefficient (Wildman–Crippen LogP) is 5.26. The molecule has 2 fully saturated rings. The molecule has 4 aromatic rings. The van der Waals surface area contributed by atoms with Crippen LogP contribution in [0.4, 0.5) is 9.59 Å². The number of carbonyl (C=O) groups is 4. The van der Waals surface area contributed by atoms with Gasteiger partial charge in [-0.3, -0.25) is 9.59 Å². The van der Waals surface area contributed by atoms with Crippen molar-refractivity contribution in [1.82, 2.24) is 40.4 Å². The quantitative estimate of drug-likeness (QED) is 0.144. The van der Waals surface area contributed by atoms with Gasteiger partial charge in [-0.1, -0.05) is 13.8 Å². The molecule has 0 radical (unpaired) electrons. The number of carbonyl (C=O) groups excluding carboxylic acids is 4. The Morgan fingerprint density at radius 2 is 1.08 bits per heavy atom. The van der Waals surface area contributed by atoms with Crippen molar-refractivity contribution in [3.63, 3.8) is 0 Å². The minimum atomic E-state index is -0.937. The lowest BCUT2D eigenvalue weighted by atomic mass is 9.87. The molecule has 2 unspecified atom stereocenters. The van der Waals surface area contributed by atoms with Gasteiger partial charge >= 0.3 is 12.2 Å². The number of aromatic amines is 2. The number of imidazole rings is 2. The van der Waals surface area contributed by atoms with Crippen LogP contribution < -0.4 is 20.1 Å². The number of hydrogen-bond donors (Lipinski definition) is 4. The molecule has 4 amide bonds. The van der Waals surface area contributed by atoms with Gasteiger partial charge in [0.05, 0.1) is 62.3 Å². The molecule has 4 aliphatic heterocycles. The summed E-state index contributed by atoms with van der Waals surface area (Å²) in [4.78, 5) is 72.1. The van der Waals surface area contributed by atoms with Crippen LogP contribution in [0.15, 0.2) is 36.7 Å². The van der Waals surface area contributed by atoms with E-state index in [9.17, 15) is 19.2 Å². The van der Waals surface area contributed by atoms with Gasteiger partial charge in [0.15, 0.2) is 0 Å². The van der Waals surface area contributed by atoms with E-state index in [0.717, 1.165) is 56.3 Å². The summed E-state index contributed by atoms with van der Waals surface area (Å²) in [6, 6.07) is 5.63. The van der Waals surface area contributed by atoms with E-state index in [2.05, 4.69) is 46.6 Å². The van der Waals surface area contributed by atoms with Gasteiger partial charge in [-0.2, -0.15) is 0 Å². The monoisotopic (exact) mass is 854 g/mol. The van der Waals surface area contributed by atoms with E-state index in [0.29, 0.717) is 50.8 Å². The van der Waals surface area contributed by atoms with E-state index in [1.54, 1.807) is 36.0 Å². The fourth-order valence-electron chi connectivity index (χ4n) is 9.16. The van der Waals surface area contributed by atoms with Gasteiger partial charge in [0.25, 0.3) is 0 Å². The van der Waals surface area contributed by atoms with Crippen molar-refractivity contribution in [3.05, 3.63) is 59.4 Å². The second-order valence-electron chi connectivity index (χ2n) is 16.8. The van der Waals surface area contributed by atoms with Crippen LogP contribution in [0.2, 0.25) is 0 Å². The number of likely N-dealkylation sites (tertiary alicyclic amines) is 2. The van der Waals surface area contributed by atoms with Crippen LogP contribution in [0, 0.1) is 11.8 Å². The SMILES string of the molecule is COC(=O)NC(C(=O)N1C[C@@H](C)CC1c1ncc(-c2cc3c4c(c2)OCc2cc(-c5cnc([C@@H]6C[C@H](C)CN6C(=O)[C@@H](NC(=O)OC)[C@@H](C)OC)[nH]5)cc(c2-4)OC3)[nH]1)[C@@H](C)OC. The molecule has 2 saturated heterocycles. The fourth-order valence-corrected chi connectivity index (χ4v) is 9.16. The molecule has 2 aromatic heterocycles. The lowest BCUT2D eigenvalue weighted by Gasteiger charge is -2.31. The smallest absolute Gasteiger partial charge is 0.407 e. The average Bonchev–Trinajstić information content (AvgIpc) is 4.12. The normalized spacial score (nSPS) is 21.8. The highest BCUT2D eigenvalue weighted by molar-refractivity contribution is 5.89. The molecule has 8 rings (SSSR count). The average molecular weight is 855 g/mol. The largest absolute Gasteiger partial charge is 0.488 e. The van der Waals surface area contributed by atoms with E-state index in [4.69, 9.17) is 38.4 Å². The molecule has 8 atom stereocenters. The molecule has 18 heteroatoms. The molecule has 4 aliphatic rings. The van der Waals surface area contributed by atoms with Gasteiger partial charge in [0, 0.05) is 60.7 Å². The van der Waals surface area contributed by atoms with Gasteiger partial charge in [0.2, 0.25) is 11.8 Å². The van der Waals surface area contributed by atoms with Crippen molar-refractivity contribution < 1.29 is 47.6 Å². The lowest BCUT2D eigenvalue weighted by molar-refractivity contribution is -0.138. The fraction of sp³-hybridized carbons (Fsp3) is 0.500. The zero-order valence-electron chi connectivity index (χ0n) is 36.2. The number of aromatic nitrogens is 4. The van der Waals surface area contributed by atoms with Crippen molar-refractivity contribution >= 4 is 24.0 Å². The summed E-state index contributed by atoms with van der Waals surface area (Å²) in [7, 11) is 5.50. The molecule has 0 spiro atoms. The van der Waals surface area contributed by atoms with Crippen LogP contribution >= 0.6 is 0 Å². The van der Waals surface area contributed by atoms with Gasteiger partial charge in [0.1, 0.15) is 48.4 Å². The minimum absolute atomic E-state index is 0.205.